The second-order valence-corrected chi connectivity index (χ2v) is 6.40. The summed E-state index contributed by atoms with van der Waals surface area (Å²) in [6, 6.07) is 5.87. The Kier molecular flexibility index (Phi) is 4.36. The molecule has 1 aromatic heterocycles. The summed E-state index contributed by atoms with van der Waals surface area (Å²) in [6.45, 7) is 5.96. The van der Waals surface area contributed by atoms with Crippen LogP contribution in [-0.2, 0) is 11.3 Å². The van der Waals surface area contributed by atoms with Gasteiger partial charge in [-0.05, 0) is 47.7 Å². The van der Waals surface area contributed by atoms with Crippen molar-refractivity contribution in [2.24, 2.45) is 11.8 Å². The average molecular weight is 317 g/mol. The molecular weight excluding hydrogens is 297 g/mol. The fourth-order valence-electron chi connectivity index (χ4n) is 3.11. The van der Waals surface area contributed by atoms with E-state index >= 15 is 0 Å². The van der Waals surface area contributed by atoms with Crippen molar-refractivity contribution < 1.29 is 9.18 Å². The van der Waals surface area contributed by atoms with Crippen molar-refractivity contribution in [1.29, 1.82) is 0 Å². The number of halogens is 1. The summed E-state index contributed by atoms with van der Waals surface area (Å²) in [4.78, 5) is 15.6. The minimum atomic E-state index is -0.315. The Bertz CT molecular complexity index is 674. The van der Waals surface area contributed by atoms with Crippen LogP contribution in [0.3, 0.4) is 0 Å². The Morgan fingerprint density at radius 2 is 1.87 bits per heavy atom. The third-order valence-corrected chi connectivity index (χ3v) is 4.05. The molecule has 6 nitrogen and oxygen atoms in total. The van der Waals surface area contributed by atoms with Crippen LogP contribution in [-0.4, -0.2) is 44.1 Å². The molecule has 0 radical (unpaired) electrons. The molecule has 2 atom stereocenters. The summed E-state index contributed by atoms with van der Waals surface area (Å²) < 4.78 is 12.9. The van der Waals surface area contributed by atoms with Crippen molar-refractivity contribution in [1.82, 2.24) is 25.1 Å². The lowest BCUT2D eigenvalue weighted by Gasteiger charge is -2.34. The van der Waals surface area contributed by atoms with Gasteiger partial charge < -0.3 is 4.90 Å². The third kappa shape index (κ3) is 3.72. The van der Waals surface area contributed by atoms with Gasteiger partial charge in [-0.1, -0.05) is 13.8 Å². The van der Waals surface area contributed by atoms with Crippen molar-refractivity contribution in [2.45, 2.75) is 26.8 Å². The molecule has 23 heavy (non-hydrogen) atoms. The molecule has 1 amide bonds. The molecule has 2 heterocycles. The SMILES string of the molecule is C[C@@H]1C[C@H](C)CN(C(=O)Cn2nnc(-c3ccc(F)cc3)n2)C1. The first-order valence-corrected chi connectivity index (χ1v) is 7.83. The maximum Gasteiger partial charge on any atom is 0.246 e. The predicted octanol–water partition coefficient (Wildman–Crippen LogP) is 1.98. The van der Waals surface area contributed by atoms with E-state index < -0.39 is 0 Å². The lowest BCUT2D eigenvalue weighted by Crippen LogP contribution is -2.44. The van der Waals surface area contributed by atoms with E-state index in [1.165, 1.54) is 16.9 Å². The first-order valence-electron chi connectivity index (χ1n) is 7.83. The summed E-state index contributed by atoms with van der Waals surface area (Å²) >= 11 is 0. The monoisotopic (exact) mass is 317 g/mol. The number of carbonyl (C=O) groups is 1. The Hall–Kier alpha value is -2.31. The Morgan fingerprint density at radius 3 is 2.52 bits per heavy atom. The molecule has 3 rings (SSSR count). The molecule has 0 N–H and O–H groups in total. The first kappa shape index (κ1) is 15.6. The molecule has 1 saturated heterocycles. The van der Waals surface area contributed by atoms with Crippen LogP contribution in [0.25, 0.3) is 11.4 Å². The summed E-state index contributed by atoms with van der Waals surface area (Å²) in [6.07, 6.45) is 1.15. The first-order chi connectivity index (χ1) is 11.0. The van der Waals surface area contributed by atoms with Crippen LogP contribution in [0, 0.1) is 17.7 Å². The molecule has 1 aliphatic rings. The van der Waals surface area contributed by atoms with E-state index in [4.69, 9.17) is 0 Å². The topological polar surface area (TPSA) is 63.9 Å². The number of tetrazole rings is 1. The van der Waals surface area contributed by atoms with Crippen LogP contribution in [0.1, 0.15) is 20.3 Å². The largest absolute Gasteiger partial charge is 0.340 e. The Morgan fingerprint density at radius 1 is 1.22 bits per heavy atom. The van der Waals surface area contributed by atoms with Crippen molar-refractivity contribution >= 4 is 5.91 Å². The molecule has 2 aromatic rings. The van der Waals surface area contributed by atoms with E-state index in [1.54, 1.807) is 12.1 Å². The number of hydrogen-bond acceptors (Lipinski definition) is 4. The van der Waals surface area contributed by atoms with Gasteiger partial charge in [0.25, 0.3) is 0 Å². The number of carbonyl (C=O) groups excluding carboxylic acids is 1. The predicted molar refractivity (Wildman–Crippen MR) is 82.7 cm³/mol. The molecule has 0 saturated carbocycles. The number of aromatic nitrogens is 4. The number of amides is 1. The second-order valence-electron chi connectivity index (χ2n) is 6.40. The fraction of sp³-hybridized carbons (Fsp3) is 0.500. The average Bonchev–Trinajstić information content (AvgIpc) is 2.95. The van der Waals surface area contributed by atoms with E-state index in [0.29, 0.717) is 23.2 Å². The van der Waals surface area contributed by atoms with Gasteiger partial charge in [0.15, 0.2) is 0 Å². The number of rotatable bonds is 3. The van der Waals surface area contributed by atoms with Crippen molar-refractivity contribution in [3.05, 3.63) is 30.1 Å². The van der Waals surface area contributed by atoms with Crippen molar-refractivity contribution in [3.63, 3.8) is 0 Å². The third-order valence-electron chi connectivity index (χ3n) is 4.05. The van der Waals surface area contributed by atoms with E-state index in [1.807, 2.05) is 4.90 Å². The number of piperidine rings is 1. The minimum absolute atomic E-state index is 0.00598. The highest BCUT2D eigenvalue weighted by atomic mass is 19.1. The normalized spacial score (nSPS) is 21.4. The highest BCUT2D eigenvalue weighted by molar-refractivity contribution is 5.76. The molecule has 1 aliphatic heterocycles. The molecule has 0 unspecified atom stereocenters. The number of hydrogen-bond donors (Lipinski definition) is 0. The molecule has 1 fully saturated rings. The van der Waals surface area contributed by atoms with Crippen LogP contribution in [0.4, 0.5) is 4.39 Å². The van der Waals surface area contributed by atoms with E-state index in [0.717, 1.165) is 19.5 Å². The zero-order valence-corrected chi connectivity index (χ0v) is 13.3. The van der Waals surface area contributed by atoms with Gasteiger partial charge in [0.2, 0.25) is 11.7 Å². The van der Waals surface area contributed by atoms with Crippen molar-refractivity contribution in [3.8, 4) is 11.4 Å². The lowest BCUT2D eigenvalue weighted by molar-refractivity contribution is -0.135. The summed E-state index contributed by atoms with van der Waals surface area (Å²) in [5, 5.41) is 12.1. The van der Waals surface area contributed by atoms with Crippen LogP contribution in [0.2, 0.25) is 0 Å². The standard InChI is InChI=1S/C16H20FN5O/c1-11-7-12(2)9-21(8-11)15(23)10-22-19-16(18-20-22)13-3-5-14(17)6-4-13/h3-6,11-12H,7-10H2,1-2H3/t11-,12+. The van der Waals surface area contributed by atoms with Gasteiger partial charge in [0.05, 0.1) is 0 Å². The molecular formula is C16H20FN5O. The van der Waals surface area contributed by atoms with E-state index in [-0.39, 0.29) is 18.3 Å². The van der Waals surface area contributed by atoms with Crippen LogP contribution in [0.15, 0.2) is 24.3 Å². The van der Waals surface area contributed by atoms with Gasteiger partial charge in [-0.2, -0.15) is 4.80 Å². The molecule has 1 aromatic carbocycles. The Balaban J connectivity index is 1.66. The number of likely N-dealkylation sites (tertiary alicyclic amines) is 1. The highest BCUT2D eigenvalue weighted by Gasteiger charge is 2.25. The Labute approximate surface area is 134 Å². The molecule has 0 spiro atoms. The zero-order valence-electron chi connectivity index (χ0n) is 13.3. The van der Waals surface area contributed by atoms with Crippen LogP contribution in [0.5, 0.6) is 0 Å². The van der Waals surface area contributed by atoms with Gasteiger partial charge in [0, 0.05) is 18.7 Å². The van der Waals surface area contributed by atoms with Crippen molar-refractivity contribution in [2.75, 3.05) is 13.1 Å². The van der Waals surface area contributed by atoms with Crippen LogP contribution < -0.4 is 0 Å². The lowest BCUT2D eigenvalue weighted by atomic mass is 9.92. The van der Waals surface area contributed by atoms with E-state index in [2.05, 4.69) is 29.3 Å². The fourth-order valence-corrected chi connectivity index (χ4v) is 3.11. The smallest absolute Gasteiger partial charge is 0.246 e. The molecule has 7 heteroatoms. The van der Waals surface area contributed by atoms with Crippen LogP contribution >= 0.6 is 0 Å². The van der Waals surface area contributed by atoms with Gasteiger partial charge in [-0.15, -0.1) is 10.2 Å². The highest BCUT2D eigenvalue weighted by Crippen LogP contribution is 2.21. The number of nitrogens with zero attached hydrogens (tertiary/aromatic N) is 5. The quantitative estimate of drug-likeness (QED) is 0.868. The molecule has 0 bridgehead atoms. The van der Waals surface area contributed by atoms with Gasteiger partial charge >= 0.3 is 0 Å². The maximum absolute atomic E-state index is 12.9. The zero-order chi connectivity index (χ0) is 16.4. The van der Waals surface area contributed by atoms with E-state index in [9.17, 15) is 9.18 Å². The molecule has 0 aliphatic carbocycles. The summed E-state index contributed by atoms with van der Waals surface area (Å²) in [7, 11) is 0. The summed E-state index contributed by atoms with van der Waals surface area (Å²) in [5.74, 6) is 1.11. The summed E-state index contributed by atoms with van der Waals surface area (Å²) in [5.41, 5.74) is 0.672. The van der Waals surface area contributed by atoms with Gasteiger partial charge in [-0.25, -0.2) is 4.39 Å². The second kappa shape index (κ2) is 6.44. The maximum atomic E-state index is 12.9. The minimum Gasteiger partial charge on any atom is -0.340 e. The number of benzene rings is 1. The molecule has 122 valence electrons. The van der Waals surface area contributed by atoms with Gasteiger partial charge in [-0.3, -0.25) is 4.79 Å². The van der Waals surface area contributed by atoms with Gasteiger partial charge in [0.1, 0.15) is 12.4 Å².